The number of rotatable bonds is 12. The maximum Gasteiger partial charge on any atom is 0.459 e. The number of nitrogens with one attached hydrogen (secondary N) is 1. The molecule has 19 heteroatoms. The van der Waals surface area contributed by atoms with E-state index in [1.54, 1.807) is 30.3 Å². The molecule has 1 unspecified atom stereocenters. The zero-order valence-corrected chi connectivity index (χ0v) is 24.7. The summed E-state index contributed by atoms with van der Waals surface area (Å²) in [5.41, 5.74) is 5.83. The van der Waals surface area contributed by atoms with E-state index in [1.807, 2.05) is 0 Å². The number of nitrogens with zero attached hydrogens (tertiary/aromatic N) is 4. The van der Waals surface area contributed by atoms with Gasteiger partial charge in [-0.15, -0.1) is 0 Å². The highest BCUT2D eigenvalue weighted by molar-refractivity contribution is 7.52. The number of aliphatic hydroxyl groups is 2. The largest absolute Gasteiger partial charge is 0.460 e. The molecule has 0 aliphatic carbocycles. The number of esters is 1. The third kappa shape index (κ3) is 7.92. The van der Waals surface area contributed by atoms with Crippen LogP contribution in [0.2, 0.25) is 0 Å². The van der Waals surface area contributed by atoms with Crippen LogP contribution in [0.1, 0.15) is 24.5 Å². The number of alkyl halides is 3. The summed E-state index contributed by atoms with van der Waals surface area (Å²) in [5, 5.41) is 27.0. The molecule has 4 rings (SSSR count). The highest BCUT2D eigenvalue weighted by atomic mass is 31.2. The molecule has 1 saturated heterocycles. The summed E-state index contributed by atoms with van der Waals surface area (Å²) < 4.78 is 76.5. The Morgan fingerprint density at radius 3 is 2.54 bits per heavy atom. The van der Waals surface area contributed by atoms with Crippen LogP contribution in [0.3, 0.4) is 0 Å². The van der Waals surface area contributed by atoms with Gasteiger partial charge in [0.25, 0.3) is 0 Å². The van der Waals surface area contributed by atoms with Crippen molar-refractivity contribution in [3.63, 3.8) is 0 Å². The second-order valence-corrected chi connectivity index (χ2v) is 11.7. The number of ketones is 1. The number of hydrogen-bond donors (Lipinski definition) is 3. The molecule has 2 aromatic carbocycles. The Bertz CT molecular complexity index is 1590. The number of allylic oxidation sites excluding steroid dienone is 1. The number of amides is 1. The number of ether oxygens (including phenoxy) is 2. The van der Waals surface area contributed by atoms with Crippen LogP contribution >= 0.6 is 7.75 Å². The molecule has 1 fully saturated rings. The van der Waals surface area contributed by atoms with Gasteiger partial charge < -0.3 is 24.2 Å². The minimum atomic E-state index is -5.13. The second-order valence-electron chi connectivity index (χ2n) is 10.0. The zero-order valence-electron chi connectivity index (χ0n) is 23.8. The van der Waals surface area contributed by atoms with E-state index in [9.17, 15) is 47.9 Å². The molecule has 0 saturated carbocycles. The van der Waals surface area contributed by atoms with Gasteiger partial charge in [0.1, 0.15) is 30.6 Å². The van der Waals surface area contributed by atoms with Crippen molar-refractivity contribution in [3.8, 4) is 5.75 Å². The molecule has 2 aliphatic heterocycles. The number of carbonyl (C=O) groups is 3. The average Bonchev–Trinajstić information content (AvgIpc) is 3.24. The monoisotopic (exact) mass is 669 g/mol. The molecule has 0 radical (unpaired) electrons. The second kappa shape index (κ2) is 14.0. The Balaban J connectivity index is 1.61. The van der Waals surface area contributed by atoms with Gasteiger partial charge in [-0.05, 0) is 36.2 Å². The van der Waals surface area contributed by atoms with Gasteiger partial charge in [-0.25, -0.2) is 4.57 Å². The van der Waals surface area contributed by atoms with E-state index < -0.39 is 86.1 Å². The summed E-state index contributed by atoms with van der Waals surface area (Å²) in [7, 11) is -5.13. The summed E-state index contributed by atoms with van der Waals surface area (Å²) in [6.07, 6.45) is -9.52. The van der Waals surface area contributed by atoms with Crippen molar-refractivity contribution in [3.05, 3.63) is 88.4 Å². The van der Waals surface area contributed by atoms with Gasteiger partial charge >= 0.3 is 19.9 Å². The molecule has 3 N–H and O–H groups in total. The van der Waals surface area contributed by atoms with Gasteiger partial charge in [0.15, 0.2) is 12.0 Å². The first-order chi connectivity index (χ1) is 21.7. The molecule has 246 valence electrons. The van der Waals surface area contributed by atoms with E-state index in [0.29, 0.717) is 11.6 Å². The highest BCUT2D eigenvalue weighted by Crippen LogP contribution is 2.50. The fourth-order valence-corrected chi connectivity index (χ4v) is 5.93. The first-order valence-electron chi connectivity index (χ1n) is 13.4. The maximum atomic E-state index is 14.0. The van der Waals surface area contributed by atoms with Crippen LogP contribution < -0.4 is 9.61 Å². The Morgan fingerprint density at radius 2 is 1.89 bits per heavy atom. The number of carbonyl (C=O) groups excluding carboxylic acids is 3. The van der Waals surface area contributed by atoms with Crippen molar-refractivity contribution < 1.29 is 60.9 Å². The van der Waals surface area contributed by atoms with Crippen molar-refractivity contribution in [2.24, 2.45) is 5.11 Å². The Hall–Kier alpha value is -4.28. The fraction of sp³-hybridized carbons (Fsp3) is 0.370. The number of para-hydroxylation sites is 1. The molecule has 15 nitrogen and oxygen atoms in total. The molecule has 2 aromatic rings. The van der Waals surface area contributed by atoms with Gasteiger partial charge in [0.05, 0.1) is 18.6 Å². The predicted octanol–water partition coefficient (Wildman–Crippen LogP) is 3.33. The van der Waals surface area contributed by atoms with Crippen molar-refractivity contribution in [2.45, 2.75) is 56.3 Å². The summed E-state index contributed by atoms with van der Waals surface area (Å²) >= 11 is 0. The van der Waals surface area contributed by atoms with Crippen molar-refractivity contribution in [2.75, 3.05) is 6.61 Å². The lowest BCUT2D eigenvalue weighted by molar-refractivity contribution is -0.159. The van der Waals surface area contributed by atoms with Gasteiger partial charge in [0.2, 0.25) is 11.6 Å². The molecule has 6 atom stereocenters. The fourth-order valence-electron chi connectivity index (χ4n) is 4.39. The Labute approximate surface area is 258 Å². The summed E-state index contributed by atoms with van der Waals surface area (Å²) in [5.74, 6) is -3.39. The topological polar surface area (TPSA) is 210 Å². The van der Waals surface area contributed by atoms with E-state index in [4.69, 9.17) is 18.5 Å². The lowest BCUT2D eigenvalue weighted by Crippen LogP contribution is -2.46. The van der Waals surface area contributed by atoms with Crippen LogP contribution in [-0.4, -0.2) is 69.6 Å². The Kier molecular flexibility index (Phi) is 10.5. The number of azide groups is 1. The Morgan fingerprint density at radius 1 is 1.22 bits per heavy atom. The first kappa shape index (κ1) is 34.6. The van der Waals surface area contributed by atoms with Crippen LogP contribution in [-0.2, 0) is 45.7 Å². The van der Waals surface area contributed by atoms with Gasteiger partial charge in [-0.3, -0.25) is 23.8 Å². The molecule has 46 heavy (non-hydrogen) atoms. The third-order valence-corrected chi connectivity index (χ3v) is 8.32. The van der Waals surface area contributed by atoms with E-state index in [0.717, 1.165) is 42.3 Å². The molecule has 2 heterocycles. The van der Waals surface area contributed by atoms with Crippen LogP contribution in [0, 0.1) is 0 Å². The van der Waals surface area contributed by atoms with E-state index in [-0.39, 0.29) is 6.61 Å². The van der Waals surface area contributed by atoms with E-state index in [1.165, 1.54) is 0 Å². The van der Waals surface area contributed by atoms with Gasteiger partial charge in [-0.2, -0.15) is 18.3 Å². The number of halogens is 3. The standard InChI is InChI=1S/C27H27F3N5O10P/c1-16(25(40)42-14-17-7-3-2-4-8-17)32-46(41,45-20-10-6-5-9-19(20)27(28,29)30)43-15-26(33-34-31)23(39)22(38)24(44-26)35-12-11-18(36)13-21(35)37/h2-12,16,22-24,38-39H,13-15H2,1H3,(H,32,41)/t16-,22+,23-,24+,26+,46?/m0/s1. The van der Waals surface area contributed by atoms with Crippen LogP contribution in [0.15, 0.2) is 72.0 Å². The molecule has 2 aliphatic rings. The van der Waals surface area contributed by atoms with Gasteiger partial charge in [0, 0.05) is 11.1 Å². The van der Waals surface area contributed by atoms with Crippen molar-refractivity contribution >= 4 is 25.4 Å². The number of benzene rings is 2. The van der Waals surface area contributed by atoms with Crippen molar-refractivity contribution in [1.29, 1.82) is 0 Å². The zero-order chi connectivity index (χ0) is 33.7. The molecule has 0 aromatic heterocycles. The van der Waals surface area contributed by atoms with E-state index >= 15 is 0 Å². The number of aliphatic hydroxyl groups excluding tert-OH is 2. The smallest absolute Gasteiger partial charge is 0.459 e. The number of hydrogen-bond acceptors (Lipinski definition) is 11. The third-order valence-electron chi connectivity index (χ3n) is 6.71. The summed E-state index contributed by atoms with van der Waals surface area (Å²) in [6.45, 7) is -0.300. The summed E-state index contributed by atoms with van der Waals surface area (Å²) in [4.78, 5) is 40.0. The predicted molar refractivity (Wildman–Crippen MR) is 149 cm³/mol. The van der Waals surface area contributed by atoms with E-state index in [2.05, 4.69) is 15.1 Å². The molecular weight excluding hydrogens is 642 g/mol. The normalized spacial score (nSPS) is 25.0. The maximum absolute atomic E-state index is 14.0. The van der Waals surface area contributed by atoms with Crippen molar-refractivity contribution in [1.82, 2.24) is 9.99 Å². The van der Waals surface area contributed by atoms with Gasteiger partial charge in [-0.1, -0.05) is 47.6 Å². The molecular formula is C27H27F3N5O10P. The van der Waals surface area contributed by atoms with Crippen LogP contribution in [0.25, 0.3) is 10.4 Å². The average molecular weight is 670 g/mol. The minimum absolute atomic E-state index is 0.205. The first-order valence-corrected chi connectivity index (χ1v) is 14.9. The molecule has 0 spiro atoms. The SMILES string of the molecule is C[C@H](NP(=O)(OC[C@@]1(N=[N+]=[N-])O[C@@H](N2C=CC(=O)CC2=O)[C@H](O)[C@@H]1O)Oc1ccccc1C(F)(F)F)C(=O)OCc1ccccc1. The summed E-state index contributed by atoms with van der Waals surface area (Å²) in [6, 6.07) is 10.6. The lowest BCUT2D eigenvalue weighted by atomic mass is 10.1. The van der Waals surface area contributed by atoms with Crippen LogP contribution in [0.4, 0.5) is 13.2 Å². The lowest BCUT2D eigenvalue weighted by Gasteiger charge is -2.31. The molecule has 0 bridgehead atoms. The highest BCUT2D eigenvalue weighted by Gasteiger charge is 2.58. The van der Waals surface area contributed by atoms with Crippen LogP contribution in [0.5, 0.6) is 5.75 Å². The molecule has 1 amide bonds. The quantitative estimate of drug-likeness (QED) is 0.0745. The minimum Gasteiger partial charge on any atom is -0.460 e.